The van der Waals surface area contributed by atoms with Gasteiger partial charge in [0.25, 0.3) is 0 Å². The van der Waals surface area contributed by atoms with Gasteiger partial charge in [0.05, 0.1) is 38.9 Å². The van der Waals surface area contributed by atoms with Crippen LogP contribution in [0.5, 0.6) is 23.0 Å². The van der Waals surface area contributed by atoms with Crippen LogP contribution in [0.4, 0.5) is 0 Å². The summed E-state index contributed by atoms with van der Waals surface area (Å²) in [4.78, 5) is 25.9. The first kappa shape index (κ1) is 54.1. The average Bonchev–Trinajstić information content (AvgIpc) is 4.00. The van der Waals surface area contributed by atoms with Crippen molar-refractivity contribution < 1.29 is 35.8 Å². The lowest BCUT2D eigenvalue weighted by atomic mass is 10.1. The number of nitrogens with zero attached hydrogens (tertiary/aromatic N) is 12. The topological polar surface area (TPSA) is 244 Å². The molecular weight excluding hydrogens is 985 g/mol. The van der Waals surface area contributed by atoms with Gasteiger partial charge in [0, 0.05) is 72.5 Å². The Morgan fingerprint density at radius 1 is 0.459 bits per heavy atom. The third-order valence-electron chi connectivity index (χ3n) is 12.6. The number of benzene rings is 2. The molecular formula is C52H60N12O8S2. The van der Waals surface area contributed by atoms with Crippen molar-refractivity contribution in [3.8, 4) is 57.1 Å². The predicted molar refractivity (Wildman–Crippen MR) is 279 cm³/mol. The molecule has 8 aromatic rings. The molecule has 0 saturated carbocycles. The highest BCUT2D eigenvalue weighted by Crippen LogP contribution is 2.39. The van der Waals surface area contributed by atoms with E-state index in [1.165, 1.54) is 28.4 Å². The van der Waals surface area contributed by atoms with Crippen LogP contribution in [0.1, 0.15) is 85.1 Å². The summed E-state index contributed by atoms with van der Waals surface area (Å²) < 4.78 is 80.5. The van der Waals surface area contributed by atoms with Gasteiger partial charge in [-0.05, 0) is 100 Å². The van der Waals surface area contributed by atoms with Crippen LogP contribution in [0.2, 0.25) is 0 Å². The minimum Gasteiger partial charge on any atom is -0.494 e. The molecule has 0 N–H and O–H groups in total. The maximum Gasteiger partial charge on any atom is 0.170 e. The van der Waals surface area contributed by atoms with E-state index in [1.807, 2.05) is 53.7 Å². The van der Waals surface area contributed by atoms with E-state index in [9.17, 15) is 16.8 Å². The van der Waals surface area contributed by atoms with E-state index in [4.69, 9.17) is 18.9 Å². The van der Waals surface area contributed by atoms with Crippen molar-refractivity contribution in [2.24, 2.45) is 0 Å². The molecule has 4 atom stereocenters. The number of hydrogen-bond acceptors (Lipinski definition) is 18. The molecule has 0 spiro atoms. The Hall–Kier alpha value is -7.72. The number of aryl methyl sites for hydroxylation is 4. The molecule has 0 bridgehead atoms. The molecule has 0 fully saturated rings. The summed E-state index contributed by atoms with van der Waals surface area (Å²) in [7, 11) is -1.28. The van der Waals surface area contributed by atoms with Gasteiger partial charge >= 0.3 is 0 Å². The van der Waals surface area contributed by atoms with E-state index in [-0.39, 0.29) is 23.2 Å². The maximum absolute atomic E-state index is 13.7. The lowest BCUT2D eigenvalue weighted by Crippen LogP contribution is -2.27. The molecule has 0 aliphatic carbocycles. The van der Waals surface area contributed by atoms with E-state index >= 15 is 0 Å². The smallest absolute Gasteiger partial charge is 0.170 e. The van der Waals surface area contributed by atoms with Crippen LogP contribution >= 0.6 is 0 Å². The van der Waals surface area contributed by atoms with E-state index in [0.29, 0.717) is 68.8 Å². The molecule has 8 rings (SSSR count). The van der Waals surface area contributed by atoms with Crippen molar-refractivity contribution in [1.29, 1.82) is 0 Å². The quantitative estimate of drug-likeness (QED) is 0.0798. The molecule has 6 heterocycles. The van der Waals surface area contributed by atoms with Crippen LogP contribution in [0, 0.1) is 27.7 Å². The predicted octanol–water partition coefficient (Wildman–Crippen LogP) is 7.72. The highest BCUT2D eigenvalue weighted by molar-refractivity contribution is 7.91. The summed E-state index contributed by atoms with van der Waals surface area (Å²) in [5.41, 5.74) is 6.02. The van der Waals surface area contributed by atoms with Gasteiger partial charge in [0.1, 0.15) is 57.5 Å². The fraction of sp³-hybridized carbons (Fsp3) is 0.346. The zero-order chi connectivity index (χ0) is 53.5. The van der Waals surface area contributed by atoms with Crippen LogP contribution in [0.3, 0.4) is 0 Å². The molecule has 2 aromatic carbocycles. The molecule has 6 aromatic heterocycles. The second kappa shape index (κ2) is 23.0. The summed E-state index contributed by atoms with van der Waals surface area (Å²) in [5, 5.41) is 15.9. The fourth-order valence-corrected chi connectivity index (χ4v) is 11.2. The maximum atomic E-state index is 13.7. The van der Waals surface area contributed by atoms with Gasteiger partial charge in [0.2, 0.25) is 0 Å². The standard InChI is InChI=1S/2C26H30N6O4S/c2*1-16-10-20(14-27-11-16)26-31-30-23(32(26)24-21(35-5)8-7-9-22(24)36-6)15-37(33,34)19(4)18(3)25-28-12-17(2)13-29-25/h2*7-14,18-19H,15H2,1-6H3/t2*18-,19+/m10/s1. The van der Waals surface area contributed by atoms with Gasteiger partial charge in [-0.2, -0.15) is 0 Å². The Morgan fingerprint density at radius 2 is 0.784 bits per heavy atom. The van der Waals surface area contributed by atoms with Crippen LogP contribution in [-0.4, -0.2) is 115 Å². The second-order valence-corrected chi connectivity index (χ2v) is 22.6. The van der Waals surface area contributed by atoms with E-state index in [0.717, 1.165) is 22.3 Å². The molecule has 0 aliphatic heterocycles. The Balaban J connectivity index is 0.000000216. The number of para-hydroxylation sites is 2. The van der Waals surface area contributed by atoms with E-state index in [1.54, 1.807) is 109 Å². The molecule has 0 unspecified atom stereocenters. The van der Waals surface area contributed by atoms with Crippen LogP contribution < -0.4 is 18.9 Å². The van der Waals surface area contributed by atoms with Gasteiger partial charge in [-0.1, -0.05) is 26.0 Å². The number of aromatic nitrogens is 12. The Morgan fingerprint density at radius 3 is 1.08 bits per heavy atom. The molecule has 0 saturated heterocycles. The first-order chi connectivity index (χ1) is 35.3. The molecule has 22 heteroatoms. The molecule has 0 aliphatic rings. The number of rotatable bonds is 18. The number of sulfone groups is 2. The molecule has 20 nitrogen and oxygen atoms in total. The van der Waals surface area contributed by atoms with E-state index < -0.39 is 42.0 Å². The number of pyridine rings is 2. The normalized spacial score (nSPS) is 13.2. The number of methoxy groups -OCH3 is 4. The minimum atomic E-state index is -3.72. The summed E-state index contributed by atoms with van der Waals surface area (Å²) in [5.74, 6) is 2.58. The monoisotopic (exact) mass is 1040 g/mol. The number of hydrogen-bond donors (Lipinski definition) is 0. The molecule has 388 valence electrons. The van der Waals surface area contributed by atoms with Crippen LogP contribution in [0.15, 0.2) is 98.1 Å². The third kappa shape index (κ3) is 11.7. The molecule has 0 amide bonds. The van der Waals surface area contributed by atoms with Crippen molar-refractivity contribution in [3.05, 3.63) is 144 Å². The first-order valence-corrected chi connectivity index (χ1v) is 26.9. The highest BCUT2D eigenvalue weighted by Gasteiger charge is 2.35. The molecule has 0 radical (unpaired) electrons. The summed E-state index contributed by atoms with van der Waals surface area (Å²) in [6.07, 6.45) is 13.5. The summed E-state index contributed by atoms with van der Waals surface area (Å²) in [6, 6.07) is 14.5. The molecule has 74 heavy (non-hydrogen) atoms. The van der Waals surface area contributed by atoms with E-state index in [2.05, 4.69) is 50.3 Å². The Kier molecular flexibility index (Phi) is 16.8. The van der Waals surface area contributed by atoms with Gasteiger partial charge in [-0.25, -0.2) is 36.8 Å². The van der Waals surface area contributed by atoms with Gasteiger partial charge in [0.15, 0.2) is 43.0 Å². The van der Waals surface area contributed by atoms with Crippen molar-refractivity contribution in [1.82, 2.24) is 59.4 Å². The van der Waals surface area contributed by atoms with Crippen molar-refractivity contribution in [2.45, 2.75) is 89.2 Å². The minimum absolute atomic E-state index is 0.225. The second-order valence-electron chi connectivity index (χ2n) is 17.9. The summed E-state index contributed by atoms with van der Waals surface area (Å²) >= 11 is 0. The largest absolute Gasteiger partial charge is 0.494 e. The SMILES string of the molecule is COc1cccc(OC)c1-n1c(CS(=O)(=O)[C@@H](C)[C@@H](C)c2ncc(C)cn2)nnc1-c1cncc(C)c1.COc1cccc(OC)c1-n1c(CS(=O)(=O)[C@H](C)[C@H](C)c2ncc(C)cn2)nnc1-c1cncc(C)c1. The van der Waals surface area contributed by atoms with Crippen molar-refractivity contribution >= 4 is 19.7 Å². The summed E-state index contributed by atoms with van der Waals surface area (Å²) in [6.45, 7) is 14.6. The first-order valence-electron chi connectivity index (χ1n) is 23.5. The lowest BCUT2D eigenvalue weighted by Gasteiger charge is -2.20. The third-order valence-corrected chi connectivity index (χ3v) is 17.0. The zero-order valence-corrected chi connectivity index (χ0v) is 45.0. The van der Waals surface area contributed by atoms with Gasteiger partial charge in [-0.3, -0.25) is 19.1 Å². The van der Waals surface area contributed by atoms with Crippen LogP contribution in [-0.2, 0) is 31.2 Å². The fourth-order valence-electron chi connectivity index (χ4n) is 8.06. The van der Waals surface area contributed by atoms with Gasteiger partial charge < -0.3 is 18.9 Å². The van der Waals surface area contributed by atoms with Crippen molar-refractivity contribution in [2.75, 3.05) is 28.4 Å². The Bertz CT molecular complexity index is 3190. The van der Waals surface area contributed by atoms with Crippen LogP contribution in [0.25, 0.3) is 34.2 Å². The van der Waals surface area contributed by atoms with Gasteiger partial charge in [-0.15, -0.1) is 20.4 Å². The lowest BCUT2D eigenvalue weighted by molar-refractivity contribution is 0.390. The average molecular weight is 1050 g/mol. The van der Waals surface area contributed by atoms with Crippen molar-refractivity contribution in [3.63, 3.8) is 0 Å². The zero-order valence-electron chi connectivity index (χ0n) is 43.4. The highest BCUT2D eigenvalue weighted by atomic mass is 32.2. The number of ether oxygens (including phenoxy) is 4. The Labute approximate surface area is 431 Å².